The van der Waals surface area contributed by atoms with Crippen molar-refractivity contribution in [2.75, 3.05) is 45.8 Å². The first-order valence-corrected chi connectivity index (χ1v) is 9.33. The van der Waals surface area contributed by atoms with Gasteiger partial charge in [-0.25, -0.2) is 0 Å². The van der Waals surface area contributed by atoms with Gasteiger partial charge >= 0.3 is 0 Å². The molecule has 0 aromatic rings. The van der Waals surface area contributed by atoms with Crippen molar-refractivity contribution in [2.24, 2.45) is 11.8 Å². The van der Waals surface area contributed by atoms with Crippen molar-refractivity contribution in [1.82, 2.24) is 18.6 Å². The van der Waals surface area contributed by atoms with Crippen LogP contribution >= 0.6 is 22.9 Å². The number of hydrogen-bond acceptors (Lipinski definition) is 4. The summed E-state index contributed by atoms with van der Waals surface area (Å²) >= 11 is 1.96. The second kappa shape index (κ2) is 9.02. The van der Waals surface area contributed by atoms with E-state index in [1.165, 1.54) is 0 Å². The Morgan fingerprint density at radius 3 is 2.55 bits per heavy atom. The molecule has 0 radical (unpaired) electrons. The van der Waals surface area contributed by atoms with Crippen LogP contribution in [0.3, 0.4) is 0 Å². The minimum Gasteiger partial charge on any atom is -0.355 e. The smallest absolute Gasteiger partial charge is 0.234 e. The van der Waals surface area contributed by atoms with Crippen LogP contribution in [-0.2, 0) is 9.59 Å². The topological polar surface area (TPSA) is 64.7 Å². The zero-order valence-corrected chi connectivity index (χ0v) is 15.5. The Bertz CT molecular complexity index is 386. The number of carbonyl (C=O) groups is 2. The first kappa shape index (κ1) is 17.9. The van der Waals surface area contributed by atoms with Crippen LogP contribution in [0.5, 0.6) is 0 Å². The fourth-order valence-corrected chi connectivity index (χ4v) is 3.68. The number of rotatable bonds is 6. The SMILES string of the molecule is CCN1CCC(C(=O)N2CCC(CNC(=O)CNI)C2)CC1. The van der Waals surface area contributed by atoms with Crippen molar-refractivity contribution in [3.63, 3.8) is 0 Å². The lowest BCUT2D eigenvalue weighted by molar-refractivity contribution is -0.136. The molecule has 0 aliphatic carbocycles. The molecule has 2 saturated heterocycles. The maximum atomic E-state index is 12.6. The van der Waals surface area contributed by atoms with Gasteiger partial charge in [-0.2, -0.15) is 0 Å². The largest absolute Gasteiger partial charge is 0.355 e. The minimum absolute atomic E-state index is 0.0196. The summed E-state index contributed by atoms with van der Waals surface area (Å²) in [6.07, 6.45) is 2.98. The lowest BCUT2D eigenvalue weighted by Gasteiger charge is -2.32. The molecule has 0 aromatic carbocycles. The molecule has 0 saturated carbocycles. The van der Waals surface area contributed by atoms with Crippen LogP contribution in [0.4, 0.5) is 0 Å². The lowest BCUT2D eigenvalue weighted by Crippen LogP contribution is -2.42. The third-order valence-electron chi connectivity index (χ3n) is 4.80. The Hall–Kier alpha value is -0.410. The van der Waals surface area contributed by atoms with E-state index in [1.54, 1.807) is 0 Å². The second-order valence-corrected chi connectivity index (χ2v) is 7.02. The van der Waals surface area contributed by atoms with Gasteiger partial charge in [0.25, 0.3) is 0 Å². The average Bonchev–Trinajstić information content (AvgIpc) is 3.01. The number of nitrogens with zero attached hydrogens (tertiary/aromatic N) is 2. The Morgan fingerprint density at radius 2 is 1.91 bits per heavy atom. The molecule has 2 heterocycles. The molecule has 2 N–H and O–H groups in total. The molecule has 1 unspecified atom stereocenters. The van der Waals surface area contributed by atoms with Crippen molar-refractivity contribution in [1.29, 1.82) is 0 Å². The van der Waals surface area contributed by atoms with E-state index in [9.17, 15) is 9.59 Å². The highest BCUT2D eigenvalue weighted by Gasteiger charge is 2.32. The quantitative estimate of drug-likeness (QED) is 0.487. The van der Waals surface area contributed by atoms with E-state index in [1.807, 2.05) is 27.8 Å². The van der Waals surface area contributed by atoms with E-state index in [0.717, 1.165) is 52.0 Å². The number of carbonyl (C=O) groups excluding carboxylic acids is 2. The molecule has 6 nitrogen and oxygen atoms in total. The third-order valence-corrected chi connectivity index (χ3v) is 5.18. The number of likely N-dealkylation sites (tertiary alicyclic amines) is 2. The predicted molar refractivity (Wildman–Crippen MR) is 94.6 cm³/mol. The Kier molecular flexibility index (Phi) is 7.36. The molecule has 0 bridgehead atoms. The van der Waals surface area contributed by atoms with Crippen molar-refractivity contribution in [2.45, 2.75) is 26.2 Å². The van der Waals surface area contributed by atoms with Gasteiger partial charge in [-0.15, -0.1) is 0 Å². The molecule has 22 heavy (non-hydrogen) atoms. The average molecular weight is 422 g/mol. The molecule has 2 aliphatic heterocycles. The molecular formula is C15H27IN4O2. The van der Waals surface area contributed by atoms with E-state index in [4.69, 9.17) is 0 Å². The maximum absolute atomic E-state index is 12.6. The van der Waals surface area contributed by atoms with Crippen LogP contribution in [0.1, 0.15) is 26.2 Å². The summed E-state index contributed by atoms with van der Waals surface area (Å²) in [7, 11) is 0. The van der Waals surface area contributed by atoms with Gasteiger partial charge in [0.1, 0.15) is 0 Å². The first-order chi connectivity index (χ1) is 10.6. The van der Waals surface area contributed by atoms with Gasteiger partial charge in [0.05, 0.1) is 6.54 Å². The Labute approximate surface area is 146 Å². The number of hydrogen-bond donors (Lipinski definition) is 2. The van der Waals surface area contributed by atoms with Gasteiger partial charge in [-0.05, 0) is 44.8 Å². The lowest BCUT2D eigenvalue weighted by atomic mass is 9.95. The number of amides is 2. The van der Waals surface area contributed by atoms with Crippen LogP contribution in [0.15, 0.2) is 0 Å². The maximum Gasteiger partial charge on any atom is 0.234 e. The molecule has 7 heteroatoms. The minimum atomic E-state index is 0.0196. The van der Waals surface area contributed by atoms with E-state index < -0.39 is 0 Å². The molecule has 1 atom stereocenters. The van der Waals surface area contributed by atoms with Crippen LogP contribution in [-0.4, -0.2) is 67.4 Å². The van der Waals surface area contributed by atoms with Crippen molar-refractivity contribution >= 4 is 34.7 Å². The molecule has 0 aromatic heterocycles. The van der Waals surface area contributed by atoms with Crippen molar-refractivity contribution in [3.05, 3.63) is 0 Å². The van der Waals surface area contributed by atoms with E-state index in [-0.39, 0.29) is 11.8 Å². The van der Waals surface area contributed by atoms with E-state index in [2.05, 4.69) is 20.7 Å². The molecule has 126 valence electrons. The fraction of sp³-hybridized carbons (Fsp3) is 0.867. The van der Waals surface area contributed by atoms with Crippen LogP contribution in [0.25, 0.3) is 0 Å². The summed E-state index contributed by atoms with van der Waals surface area (Å²) in [5, 5.41) is 2.93. The summed E-state index contributed by atoms with van der Waals surface area (Å²) in [4.78, 5) is 28.5. The zero-order valence-electron chi connectivity index (χ0n) is 13.3. The predicted octanol–water partition coefficient (Wildman–Crippen LogP) is 0.623. The highest BCUT2D eigenvalue weighted by Crippen LogP contribution is 2.23. The second-order valence-electron chi connectivity index (χ2n) is 6.26. The van der Waals surface area contributed by atoms with Crippen LogP contribution in [0, 0.1) is 11.8 Å². The van der Waals surface area contributed by atoms with Crippen molar-refractivity contribution < 1.29 is 9.59 Å². The van der Waals surface area contributed by atoms with Crippen molar-refractivity contribution in [3.8, 4) is 0 Å². The first-order valence-electron chi connectivity index (χ1n) is 8.25. The van der Waals surface area contributed by atoms with Gasteiger partial charge in [0.15, 0.2) is 0 Å². The van der Waals surface area contributed by atoms with E-state index >= 15 is 0 Å². The monoisotopic (exact) mass is 422 g/mol. The fourth-order valence-electron chi connectivity index (χ4n) is 3.34. The van der Waals surface area contributed by atoms with E-state index in [0.29, 0.717) is 24.9 Å². The van der Waals surface area contributed by atoms with Gasteiger partial charge in [-0.3, -0.25) is 13.1 Å². The normalized spacial score (nSPS) is 23.7. The summed E-state index contributed by atoms with van der Waals surface area (Å²) in [6, 6.07) is 0. The zero-order chi connectivity index (χ0) is 15.9. The summed E-state index contributed by atoms with van der Waals surface area (Å²) < 4.78 is 2.81. The molecule has 2 aliphatic rings. The molecule has 0 spiro atoms. The Balaban J connectivity index is 1.71. The molecule has 2 fully saturated rings. The summed E-state index contributed by atoms with van der Waals surface area (Å²) in [5.74, 6) is 0.960. The third kappa shape index (κ3) is 5.06. The molecule has 2 rings (SSSR count). The van der Waals surface area contributed by atoms with Crippen LogP contribution < -0.4 is 8.85 Å². The summed E-state index contributed by atoms with van der Waals surface area (Å²) in [5.41, 5.74) is 0. The molecular weight excluding hydrogens is 395 g/mol. The standard InChI is InChI=1S/C15H27IN4O2/c1-2-19-6-4-13(5-7-19)15(22)20-8-3-12(11-20)9-17-14(21)10-18-16/h12-13,18H,2-11H2,1H3,(H,17,21). The van der Waals surface area contributed by atoms with Gasteiger partial charge < -0.3 is 15.1 Å². The van der Waals surface area contributed by atoms with Gasteiger partial charge in [-0.1, -0.05) is 6.92 Å². The number of halogens is 1. The van der Waals surface area contributed by atoms with Gasteiger partial charge in [0, 0.05) is 48.4 Å². The number of piperidine rings is 1. The highest BCUT2D eigenvalue weighted by molar-refractivity contribution is 14.1. The van der Waals surface area contributed by atoms with Crippen LogP contribution in [0.2, 0.25) is 0 Å². The Morgan fingerprint density at radius 1 is 1.18 bits per heavy atom. The summed E-state index contributed by atoms with van der Waals surface area (Å²) in [6.45, 7) is 8.00. The van der Waals surface area contributed by atoms with Gasteiger partial charge in [0.2, 0.25) is 11.8 Å². The molecule has 2 amide bonds. The number of nitrogens with one attached hydrogen (secondary N) is 2. The highest BCUT2D eigenvalue weighted by atomic mass is 127.